The van der Waals surface area contributed by atoms with E-state index in [1.54, 1.807) is 0 Å². The number of hydrogen-bond donors (Lipinski definition) is 1. The van der Waals surface area contributed by atoms with Crippen molar-refractivity contribution in [3.8, 4) is 0 Å². The number of fused-ring (bicyclic) bond motifs is 1. The normalized spacial score (nSPS) is 12.1. The fraction of sp³-hybridized carbons (Fsp3) is 0.462. The van der Waals surface area contributed by atoms with Gasteiger partial charge in [0.15, 0.2) is 0 Å². The summed E-state index contributed by atoms with van der Waals surface area (Å²) in [5.74, 6) is 0.152. The molecule has 0 saturated heterocycles. The molecule has 2 aromatic rings. The van der Waals surface area contributed by atoms with Crippen LogP contribution >= 0.6 is 0 Å². The molecule has 0 unspecified atom stereocenters. The monoisotopic (exact) mass is 281 g/mol. The summed E-state index contributed by atoms with van der Waals surface area (Å²) in [4.78, 5) is 0. The molecule has 0 saturated carbocycles. The first-order valence-corrected chi connectivity index (χ1v) is 8.40. The van der Waals surface area contributed by atoms with Crippen LogP contribution in [0.15, 0.2) is 24.3 Å². The fourth-order valence-corrected chi connectivity index (χ4v) is 2.55. The van der Waals surface area contributed by atoms with E-state index < -0.39 is 9.84 Å². The minimum absolute atomic E-state index is 0.152. The maximum atomic E-state index is 11.0. The van der Waals surface area contributed by atoms with Crippen molar-refractivity contribution in [1.29, 1.82) is 0 Å². The third-order valence-electron chi connectivity index (χ3n) is 2.98. The van der Waals surface area contributed by atoms with E-state index in [0.29, 0.717) is 13.1 Å². The summed E-state index contributed by atoms with van der Waals surface area (Å²) in [5.41, 5.74) is 2.08. The number of hydrogen-bond acceptors (Lipinski definition) is 4. The number of para-hydroxylation sites is 1. The summed E-state index contributed by atoms with van der Waals surface area (Å²) in [5, 5.41) is 8.80. The zero-order chi connectivity index (χ0) is 13.9. The summed E-state index contributed by atoms with van der Waals surface area (Å²) < 4.78 is 24.1. The molecule has 104 valence electrons. The number of benzene rings is 1. The van der Waals surface area contributed by atoms with Crippen molar-refractivity contribution in [3.05, 3.63) is 30.0 Å². The molecule has 0 aliphatic heterocycles. The molecular weight excluding hydrogens is 262 g/mol. The van der Waals surface area contributed by atoms with Gasteiger partial charge in [-0.25, -0.2) is 8.42 Å². The molecule has 0 atom stereocenters. The van der Waals surface area contributed by atoms with Gasteiger partial charge in [-0.3, -0.25) is 4.68 Å². The Labute approximate surface area is 113 Å². The van der Waals surface area contributed by atoms with Gasteiger partial charge in [-0.15, -0.1) is 0 Å². The third kappa shape index (κ3) is 3.54. The van der Waals surface area contributed by atoms with E-state index in [0.717, 1.165) is 23.1 Å². The van der Waals surface area contributed by atoms with Crippen molar-refractivity contribution in [2.45, 2.75) is 20.0 Å². The van der Waals surface area contributed by atoms with Crippen LogP contribution in [0.5, 0.6) is 0 Å². The number of aryl methyl sites for hydroxylation is 1. The number of aromatic nitrogens is 2. The highest BCUT2D eigenvalue weighted by atomic mass is 32.2. The highest BCUT2D eigenvalue weighted by Gasteiger charge is 2.08. The molecule has 0 bridgehead atoms. The van der Waals surface area contributed by atoms with Gasteiger partial charge in [0.25, 0.3) is 0 Å². The fourth-order valence-electron chi connectivity index (χ4n) is 2.03. The first-order valence-electron chi connectivity index (χ1n) is 6.34. The lowest BCUT2D eigenvalue weighted by molar-refractivity contribution is 0.594. The molecule has 0 amide bonds. The Morgan fingerprint density at radius 1 is 1.32 bits per heavy atom. The lowest BCUT2D eigenvalue weighted by Crippen LogP contribution is -2.22. The zero-order valence-corrected chi connectivity index (χ0v) is 12.1. The van der Waals surface area contributed by atoms with E-state index in [2.05, 4.69) is 17.3 Å². The lowest BCUT2D eigenvalue weighted by atomic mass is 10.2. The van der Waals surface area contributed by atoms with Crippen LogP contribution in [0, 0.1) is 0 Å². The van der Waals surface area contributed by atoms with Crippen LogP contribution in [0.3, 0.4) is 0 Å². The zero-order valence-electron chi connectivity index (χ0n) is 11.3. The number of nitrogens with one attached hydrogen (secondary N) is 1. The molecule has 1 aromatic heterocycles. The molecule has 0 aliphatic rings. The maximum absolute atomic E-state index is 11.0. The Morgan fingerprint density at radius 2 is 2.05 bits per heavy atom. The highest BCUT2D eigenvalue weighted by molar-refractivity contribution is 7.90. The SMILES string of the molecule is CCn1nc(CNCCS(C)(=O)=O)c2ccccc21. The number of nitrogens with zero attached hydrogens (tertiary/aromatic N) is 2. The van der Waals surface area contributed by atoms with Gasteiger partial charge in [-0.2, -0.15) is 5.10 Å². The molecule has 5 nitrogen and oxygen atoms in total. The second-order valence-corrected chi connectivity index (χ2v) is 6.85. The van der Waals surface area contributed by atoms with Crippen molar-refractivity contribution in [1.82, 2.24) is 15.1 Å². The van der Waals surface area contributed by atoms with Crippen LogP contribution in [-0.2, 0) is 22.9 Å². The summed E-state index contributed by atoms with van der Waals surface area (Å²) in [7, 11) is -2.91. The molecule has 0 spiro atoms. The molecule has 0 fully saturated rings. The Kier molecular flexibility index (Phi) is 4.21. The van der Waals surface area contributed by atoms with Gasteiger partial charge in [0.2, 0.25) is 0 Å². The highest BCUT2D eigenvalue weighted by Crippen LogP contribution is 2.17. The van der Waals surface area contributed by atoms with Crippen LogP contribution in [-0.4, -0.2) is 36.8 Å². The van der Waals surface area contributed by atoms with Gasteiger partial charge in [0, 0.05) is 31.3 Å². The summed E-state index contributed by atoms with van der Waals surface area (Å²) in [6, 6.07) is 8.08. The van der Waals surface area contributed by atoms with Crippen molar-refractivity contribution in [2.24, 2.45) is 0 Å². The molecule has 1 heterocycles. The minimum Gasteiger partial charge on any atom is -0.310 e. The summed E-state index contributed by atoms with van der Waals surface area (Å²) in [6.07, 6.45) is 1.25. The van der Waals surface area contributed by atoms with Crippen LogP contribution < -0.4 is 5.32 Å². The smallest absolute Gasteiger partial charge is 0.148 e. The molecule has 6 heteroatoms. The van der Waals surface area contributed by atoms with Crippen LogP contribution in [0.1, 0.15) is 12.6 Å². The van der Waals surface area contributed by atoms with Gasteiger partial charge in [0.05, 0.1) is 17.0 Å². The maximum Gasteiger partial charge on any atom is 0.148 e. The lowest BCUT2D eigenvalue weighted by Gasteiger charge is -2.01. The molecule has 1 aromatic carbocycles. The quantitative estimate of drug-likeness (QED) is 0.808. The van der Waals surface area contributed by atoms with E-state index >= 15 is 0 Å². The van der Waals surface area contributed by atoms with Crippen LogP contribution in [0.4, 0.5) is 0 Å². The van der Waals surface area contributed by atoms with Crippen molar-refractivity contribution >= 4 is 20.7 Å². The second kappa shape index (κ2) is 5.71. The number of rotatable bonds is 6. The van der Waals surface area contributed by atoms with Crippen molar-refractivity contribution < 1.29 is 8.42 Å². The first-order chi connectivity index (χ1) is 9.01. The Morgan fingerprint density at radius 3 is 2.74 bits per heavy atom. The molecule has 2 rings (SSSR count). The molecule has 0 radical (unpaired) electrons. The van der Waals surface area contributed by atoms with E-state index in [1.165, 1.54) is 6.26 Å². The van der Waals surface area contributed by atoms with Crippen molar-refractivity contribution in [2.75, 3.05) is 18.6 Å². The Balaban J connectivity index is 2.09. The van der Waals surface area contributed by atoms with E-state index in [1.807, 2.05) is 28.9 Å². The first kappa shape index (κ1) is 14.0. The Bertz CT molecular complexity index is 662. The van der Waals surface area contributed by atoms with E-state index in [9.17, 15) is 8.42 Å². The predicted octanol–water partition coefficient (Wildman–Crippen LogP) is 1.19. The topological polar surface area (TPSA) is 64.0 Å². The molecule has 1 N–H and O–H groups in total. The third-order valence-corrected chi connectivity index (χ3v) is 3.92. The van der Waals surface area contributed by atoms with Gasteiger partial charge < -0.3 is 5.32 Å². The summed E-state index contributed by atoms with van der Waals surface area (Å²) in [6.45, 7) is 3.92. The largest absolute Gasteiger partial charge is 0.310 e. The second-order valence-electron chi connectivity index (χ2n) is 4.59. The average molecular weight is 281 g/mol. The minimum atomic E-state index is -2.91. The van der Waals surface area contributed by atoms with Gasteiger partial charge in [-0.1, -0.05) is 18.2 Å². The Hall–Kier alpha value is -1.40. The standard InChI is InChI=1S/C13H19N3O2S/c1-3-16-13-7-5-4-6-11(13)12(15-16)10-14-8-9-19(2,17)18/h4-7,14H,3,8-10H2,1-2H3. The predicted molar refractivity (Wildman–Crippen MR) is 76.8 cm³/mol. The van der Waals surface area contributed by atoms with Crippen molar-refractivity contribution in [3.63, 3.8) is 0 Å². The average Bonchev–Trinajstić information content (AvgIpc) is 2.72. The van der Waals surface area contributed by atoms with Gasteiger partial charge >= 0.3 is 0 Å². The van der Waals surface area contributed by atoms with Gasteiger partial charge in [0.1, 0.15) is 9.84 Å². The van der Waals surface area contributed by atoms with Crippen LogP contribution in [0.25, 0.3) is 10.9 Å². The molecule has 19 heavy (non-hydrogen) atoms. The van der Waals surface area contributed by atoms with Gasteiger partial charge in [-0.05, 0) is 13.0 Å². The van der Waals surface area contributed by atoms with Crippen LogP contribution in [0.2, 0.25) is 0 Å². The number of sulfone groups is 1. The van der Waals surface area contributed by atoms with E-state index in [-0.39, 0.29) is 5.75 Å². The molecule has 0 aliphatic carbocycles. The molecular formula is C13H19N3O2S. The van der Waals surface area contributed by atoms with E-state index in [4.69, 9.17) is 0 Å². The summed E-state index contributed by atoms with van der Waals surface area (Å²) >= 11 is 0.